The van der Waals surface area contributed by atoms with Crippen LogP contribution in [0.5, 0.6) is 0 Å². The molecule has 1 saturated carbocycles. The van der Waals surface area contributed by atoms with Crippen LogP contribution in [0, 0.1) is 0 Å². The van der Waals surface area contributed by atoms with E-state index in [1.165, 1.54) is 18.6 Å². The molecule has 1 aliphatic rings. The average Bonchev–Trinajstić information content (AvgIpc) is 3.75. The normalized spacial score (nSPS) is 14.4. The first-order chi connectivity index (χ1) is 21.4. The third-order valence-corrected chi connectivity index (χ3v) is 12.0. The molecule has 1 amide bonds. The van der Waals surface area contributed by atoms with E-state index in [4.69, 9.17) is 4.74 Å². The van der Waals surface area contributed by atoms with Gasteiger partial charge in [0.15, 0.2) is 10.7 Å². The highest BCUT2D eigenvalue weighted by atomic mass is 32.2. The average molecular weight is 678 g/mol. The maximum atomic E-state index is 13.4. The van der Waals surface area contributed by atoms with E-state index in [0.29, 0.717) is 58.1 Å². The number of halogens is 2. The van der Waals surface area contributed by atoms with Crippen LogP contribution >= 0.6 is 11.3 Å². The zero-order valence-electron chi connectivity index (χ0n) is 25.4. The Morgan fingerprint density at radius 1 is 1.18 bits per heavy atom. The van der Waals surface area contributed by atoms with Crippen molar-refractivity contribution in [3.05, 3.63) is 53.2 Å². The highest BCUT2D eigenvalue weighted by Crippen LogP contribution is 2.29. The number of ether oxygens (including phenoxy) is 1. The van der Waals surface area contributed by atoms with Crippen molar-refractivity contribution < 1.29 is 26.7 Å². The molecule has 0 spiro atoms. The minimum Gasteiger partial charge on any atom is -0.361 e. The molecular weight excluding hydrogens is 641 g/mol. The largest absolute Gasteiger partial charge is 0.361 e. The molecular formula is C29H37F2N7O4S2Si. The fourth-order valence-electron chi connectivity index (χ4n) is 5.02. The first-order valence-electron chi connectivity index (χ1n) is 14.8. The Bertz CT molecular complexity index is 1750. The van der Waals surface area contributed by atoms with Crippen molar-refractivity contribution in [1.82, 2.24) is 29.8 Å². The third kappa shape index (κ3) is 8.68. The number of thiazole rings is 1. The van der Waals surface area contributed by atoms with Crippen LogP contribution in [0.15, 0.2) is 36.9 Å². The molecule has 11 nitrogen and oxygen atoms in total. The number of nitrogens with zero attached hydrogens (tertiary/aromatic N) is 5. The molecule has 1 fully saturated rings. The number of hydrogen-bond donors (Lipinski definition) is 2. The summed E-state index contributed by atoms with van der Waals surface area (Å²) < 4.78 is 62.2. The molecule has 4 heterocycles. The van der Waals surface area contributed by atoms with Gasteiger partial charge >= 0.3 is 0 Å². The van der Waals surface area contributed by atoms with Crippen molar-refractivity contribution >= 4 is 52.2 Å². The van der Waals surface area contributed by atoms with Crippen molar-refractivity contribution in [2.45, 2.75) is 82.7 Å². The standard InChI is InChI=1S/C29H37F2N7O4S2Si/c1-45(2,3)11-10-42-18-38-17-19(12-25(30)31)26-27(38)33-15-23(36-26)24-16-35-29(43-24)28(39)34-14-21-13-20(8-9-32-21)37-44(40,41)22-6-4-5-7-22/h8-9,13,15-17,22,25H,4-7,10-12,14,18H2,1-3H3,(H,32,37)(H,34,39). The molecule has 5 rings (SSSR count). The minimum atomic E-state index is -3.49. The maximum Gasteiger partial charge on any atom is 0.280 e. The number of rotatable bonds is 14. The lowest BCUT2D eigenvalue weighted by molar-refractivity contribution is 0.0895. The van der Waals surface area contributed by atoms with Gasteiger partial charge in [-0.1, -0.05) is 32.5 Å². The second-order valence-corrected chi connectivity index (χ2v) is 20.9. The van der Waals surface area contributed by atoms with E-state index in [-0.39, 0.29) is 18.3 Å². The van der Waals surface area contributed by atoms with Crippen molar-refractivity contribution in [2.75, 3.05) is 11.3 Å². The molecule has 0 aliphatic heterocycles. The molecule has 2 N–H and O–H groups in total. The van der Waals surface area contributed by atoms with E-state index in [0.717, 1.165) is 30.2 Å². The molecule has 242 valence electrons. The number of anilines is 1. The lowest BCUT2D eigenvalue weighted by Gasteiger charge is -2.15. The van der Waals surface area contributed by atoms with Crippen LogP contribution in [0.4, 0.5) is 14.5 Å². The van der Waals surface area contributed by atoms with E-state index < -0.39 is 42.1 Å². The number of aromatic nitrogens is 5. The number of alkyl halides is 2. The van der Waals surface area contributed by atoms with E-state index in [2.05, 4.69) is 49.6 Å². The summed E-state index contributed by atoms with van der Waals surface area (Å²) in [6.07, 6.45) is 6.21. The Hall–Kier alpha value is -3.34. The van der Waals surface area contributed by atoms with Crippen LogP contribution in [0.2, 0.25) is 25.7 Å². The summed E-state index contributed by atoms with van der Waals surface area (Å²) in [6.45, 7) is 7.59. The van der Waals surface area contributed by atoms with E-state index >= 15 is 0 Å². The van der Waals surface area contributed by atoms with Crippen molar-refractivity contribution in [1.29, 1.82) is 0 Å². The third-order valence-electron chi connectivity index (χ3n) is 7.44. The van der Waals surface area contributed by atoms with Gasteiger partial charge in [0.05, 0.1) is 34.2 Å². The van der Waals surface area contributed by atoms with Crippen LogP contribution in [0.3, 0.4) is 0 Å². The topological polar surface area (TPSA) is 141 Å². The Labute approximate surface area is 265 Å². The number of fused-ring (bicyclic) bond motifs is 1. The predicted octanol–water partition coefficient (Wildman–Crippen LogP) is 5.68. The maximum absolute atomic E-state index is 13.4. The summed E-state index contributed by atoms with van der Waals surface area (Å²) in [7, 11) is -4.76. The van der Waals surface area contributed by atoms with Gasteiger partial charge < -0.3 is 14.6 Å². The fraction of sp³-hybridized carbons (Fsp3) is 0.483. The number of carbonyl (C=O) groups excluding carboxylic acids is 1. The second-order valence-electron chi connectivity index (χ2n) is 12.3. The number of pyridine rings is 1. The molecule has 0 bridgehead atoms. The predicted molar refractivity (Wildman–Crippen MR) is 173 cm³/mol. The monoisotopic (exact) mass is 677 g/mol. The number of hydrogen-bond acceptors (Lipinski definition) is 9. The molecule has 0 aromatic carbocycles. The summed E-state index contributed by atoms with van der Waals surface area (Å²) in [6, 6.07) is 4.15. The Morgan fingerprint density at radius 3 is 2.69 bits per heavy atom. The molecule has 0 saturated heterocycles. The highest BCUT2D eigenvalue weighted by Gasteiger charge is 2.28. The van der Waals surface area contributed by atoms with Crippen LogP contribution in [-0.2, 0) is 34.5 Å². The van der Waals surface area contributed by atoms with Gasteiger partial charge in [0.1, 0.15) is 17.9 Å². The van der Waals surface area contributed by atoms with Crippen LogP contribution < -0.4 is 10.0 Å². The van der Waals surface area contributed by atoms with Gasteiger partial charge in [-0.05, 0) is 31.0 Å². The fourth-order valence-corrected chi connectivity index (χ4v) is 8.14. The van der Waals surface area contributed by atoms with Gasteiger partial charge in [-0.2, -0.15) is 0 Å². The highest BCUT2D eigenvalue weighted by molar-refractivity contribution is 7.93. The molecule has 4 aromatic heterocycles. The summed E-state index contributed by atoms with van der Waals surface area (Å²) in [4.78, 5) is 31.0. The van der Waals surface area contributed by atoms with E-state index in [1.54, 1.807) is 22.9 Å². The minimum absolute atomic E-state index is 0.0586. The number of amides is 1. The summed E-state index contributed by atoms with van der Waals surface area (Å²) in [5.74, 6) is -0.445. The van der Waals surface area contributed by atoms with Crippen molar-refractivity contribution in [3.8, 4) is 10.6 Å². The van der Waals surface area contributed by atoms with Gasteiger partial charge in [-0.3, -0.25) is 14.5 Å². The number of nitrogens with one attached hydrogen (secondary N) is 2. The summed E-state index contributed by atoms with van der Waals surface area (Å²) >= 11 is 1.10. The van der Waals surface area contributed by atoms with Gasteiger partial charge in [0.2, 0.25) is 16.4 Å². The number of sulfonamides is 1. The van der Waals surface area contributed by atoms with Gasteiger partial charge in [-0.25, -0.2) is 32.2 Å². The molecule has 0 unspecified atom stereocenters. The van der Waals surface area contributed by atoms with Crippen LogP contribution in [-0.4, -0.2) is 65.2 Å². The van der Waals surface area contributed by atoms with Crippen LogP contribution in [0.25, 0.3) is 21.7 Å². The Morgan fingerprint density at radius 2 is 1.96 bits per heavy atom. The van der Waals surface area contributed by atoms with Gasteiger partial charge in [0.25, 0.3) is 5.91 Å². The molecule has 0 radical (unpaired) electrons. The molecule has 1 aliphatic carbocycles. The van der Waals surface area contributed by atoms with Crippen molar-refractivity contribution in [2.24, 2.45) is 0 Å². The first-order valence-corrected chi connectivity index (χ1v) is 20.9. The Kier molecular flexibility index (Phi) is 10.3. The SMILES string of the molecule is C[Si](C)(C)CCOCn1cc(CC(F)F)c2nc(-c3cnc(C(=O)NCc4cc(NS(=O)(=O)C5CCCC5)ccn4)s3)cnc21. The van der Waals surface area contributed by atoms with Crippen LogP contribution in [0.1, 0.15) is 46.7 Å². The first kappa shape index (κ1) is 33.0. The zero-order valence-corrected chi connectivity index (χ0v) is 28.1. The molecule has 16 heteroatoms. The Balaban J connectivity index is 1.25. The van der Waals surface area contributed by atoms with E-state index in [9.17, 15) is 22.0 Å². The van der Waals surface area contributed by atoms with E-state index in [1.807, 2.05) is 0 Å². The smallest absolute Gasteiger partial charge is 0.280 e. The van der Waals surface area contributed by atoms with Gasteiger partial charge in [0, 0.05) is 45.3 Å². The molecule has 0 atom stereocenters. The van der Waals surface area contributed by atoms with Gasteiger partial charge in [-0.15, -0.1) is 11.3 Å². The quantitative estimate of drug-likeness (QED) is 0.128. The van der Waals surface area contributed by atoms with Crippen molar-refractivity contribution in [3.63, 3.8) is 0 Å². The molecule has 4 aromatic rings. The lowest BCUT2D eigenvalue weighted by atomic mass is 10.2. The second kappa shape index (κ2) is 14.0. The zero-order chi connectivity index (χ0) is 32.2. The summed E-state index contributed by atoms with van der Waals surface area (Å²) in [5, 5.41) is 2.53. The lowest BCUT2D eigenvalue weighted by Crippen LogP contribution is -2.26. The molecule has 45 heavy (non-hydrogen) atoms. The summed E-state index contributed by atoms with van der Waals surface area (Å²) in [5.41, 5.74) is 2.45. The number of carbonyl (C=O) groups is 1.